The first-order valence-electron chi connectivity index (χ1n) is 7.19. The molecule has 0 radical (unpaired) electrons. The van der Waals surface area contributed by atoms with Gasteiger partial charge in [0.1, 0.15) is 6.10 Å². The maximum Gasteiger partial charge on any atom is 0.246 e. The van der Waals surface area contributed by atoms with Crippen LogP contribution in [0.3, 0.4) is 0 Å². The molecule has 114 valence electrons. The zero-order valence-electron chi connectivity index (χ0n) is 12.2. The van der Waals surface area contributed by atoms with Crippen molar-refractivity contribution in [2.75, 3.05) is 0 Å². The molecule has 0 aliphatic heterocycles. The number of hydrogen-bond acceptors (Lipinski definition) is 4. The van der Waals surface area contributed by atoms with Crippen molar-refractivity contribution < 1.29 is 9.90 Å². The Kier molecular flexibility index (Phi) is 5.80. The van der Waals surface area contributed by atoms with Gasteiger partial charge in [0.25, 0.3) is 0 Å². The number of nitrogens with two attached hydrogens (primary N) is 1. The van der Waals surface area contributed by atoms with Gasteiger partial charge in [0, 0.05) is 18.0 Å². The largest absolute Gasteiger partial charge is 0.383 e. The number of aliphatic hydroxyl groups is 1. The number of primary amides is 1. The lowest BCUT2D eigenvalue weighted by molar-refractivity contribution is -0.126. The molecule has 0 spiro atoms. The highest BCUT2D eigenvalue weighted by Gasteiger charge is 2.10. The minimum Gasteiger partial charge on any atom is -0.383 e. The summed E-state index contributed by atoms with van der Waals surface area (Å²) in [5, 5.41) is 9.41. The molecule has 0 bridgehead atoms. The Morgan fingerprint density at radius 1 is 1.14 bits per heavy atom. The second-order valence-electron chi connectivity index (χ2n) is 4.90. The molecule has 2 aromatic rings. The molecule has 1 atom stereocenters. The van der Waals surface area contributed by atoms with Gasteiger partial charge < -0.3 is 10.8 Å². The van der Waals surface area contributed by atoms with Crippen molar-refractivity contribution in [1.29, 1.82) is 0 Å². The first-order valence-corrected chi connectivity index (χ1v) is 7.19. The first-order chi connectivity index (χ1) is 10.7. The number of allylic oxidation sites excluding steroid dienone is 1. The van der Waals surface area contributed by atoms with E-state index in [-0.39, 0.29) is 0 Å². The van der Waals surface area contributed by atoms with Gasteiger partial charge in [-0.3, -0.25) is 14.8 Å². The van der Waals surface area contributed by atoms with Gasteiger partial charge in [-0.1, -0.05) is 18.2 Å². The summed E-state index contributed by atoms with van der Waals surface area (Å²) in [6.07, 6.45) is 6.13. The Balaban J connectivity index is 2.12. The number of aliphatic hydroxyl groups excluding tert-OH is 1. The minimum absolute atomic E-state index is 0.351. The van der Waals surface area contributed by atoms with Crippen molar-refractivity contribution in [3.8, 4) is 0 Å². The molecule has 0 aliphatic rings. The zero-order valence-corrected chi connectivity index (χ0v) is 12.2. The van der Waals surface area contributed by atoms with E-state index >= 15 is 0 Å². The van der Waals surface area contributed by atoms with E-state index < -0.39 is 12.0 Å². The second-order valence-corrected chi connectivity index (χ2v) is 4.90. The Morgan fingerprint density at radius 3 is 2.18 bits per heavy atom. The number of rotatable bonds is 7. The van der Waals surface area contributed by atoms with Crippen LogP contribution in [-0.4, -0.2) is 27.1 Å². The number of hydrogen-bond donors (Lipinski definition) is 2. The Hall–Kier alpha value is -2.53. The number of amides is 1. The van der Waals surface area contributed by atoms with Crippen molar-refractivity contribution in [3.63, 3.8) is 0 Å². The fraction of sp³-hybridized carbons (Fsp3) is 0.235. The van der Waals surface area contributed by atoms with E-state index in [4.69, 9.17) is 5.73 Å². The van der Waals surface area contributed by atoms with Crippen LogP contribution in [0.1, 0.15) is 30.7 Å². The summed E-state index contributed by atoms with van der Waals surface area (Å²) in [6, 6.07) is 11.4. The number of carbonyl (C=O) groups is 1. The minimum atomic E-state index is -1.08. The first kappa shape index (κ1) is 15.9. The second kappa shape index (κ2) is 8.05. The fourth-order valence-electron chi connectivity index (χ4n) is 2.08. The van der Waals surface area contributed by atoms with Crippen LogP contribution in [0, 0.1) is 0 Å². The molecular weight excluding hydrogens is 278 g/mol. The van der Waals surface area contributed by atoms with E-state index in [1.54, 1.807) is 12.4 Å². The topological polar surface area (TPSA) is 89.1 Å². The summed E-state index contributed by atoms with van der Waals surface area (Å²) < 4.78 is 0. The summed E-state index contributed by atoms with van der Waals surface area (Å²) in [7, 11) is 0. The van der Waals surface area contributed by atoms with Crippen molar-refractivity contribution >= 4 is 11.5 Å². The van der Waals surface area contributed by atoms with E-state index in [9.17, 15) is 9.90 Å². The van der Waals surface area contributed by atoms with Crippen LogP contribution in [-0.2, 0) is 4.79 Å². The molecule has 0 aromatic carbocycles. The summed E-state index contributed by atoms with van der Waals surface area (Å²) in [5.41, 5.74) is 7.66. The normalized spacial score (nSPS) is 11.7. The molecule has 1 amide bonds. The molecule has 3 N–H and O–H groups in total. The number of carbonyl (C=O) groups excluding carboxylic acids is 1. The van der Waals surface area contributed by atoms with Gasteiger partial charge in [-0.25, -0.2) is 0 Å². The molecule has 1 unspecified atom stereocenters. The van der Waals surface area contributed by atoms with Crippen molar-refractivity contribution in [3.05, 3.63) is 66.3 Å². The molecule has 22 heavy (non-hydrogen) atoms. The molecule has 0 saturated heterocycles. The number of pyridine rings is 2. The van der Waals surface area contributed by atoms with Gasteiger partial charge in [-0.2, -0.15) is 0 Å². The fourth-order valence-corrected chi connectivity index (χ4v) is 2.08. The van der Waals surface area contributed by atoms with Crippen LogP contribution in [0.4, 0.5) is 0 Å². The van der Waals surface area contributed by atoms with Crippen LogP contribution in [0.15, 0.2) is 54.9 Å². The Bertz CT molecular complexity index is 585. The van der Waals surface area contributed by atoms with Gasteiger partial charge in [-0.15, -0.1) is 0 Å². The standard InChI is InChI=1S/C17H19N3O2/c18-17(22)16(21)10-2-1-7-13(14-8-3-5-11-19-14)15-9-4-6-12-20-15/h3-9,11-12,16,21H,1-2,10H2,(H2,18,22). The van der Waals surface area contributed by atoms with E-state index in [2.05, 4.69) is 9.97 Å². The molecule has 2 rings (SSSR count). The van der Waals surface area contributed by atoms with Crippen molar-refractivity contribution in [2.45, 2.75) is 25.4 Å². The smallest absolute Gasteiger partial charge is 0.246 e. The number of unbranched alkanes of at least 4 members (excludes halogenated alkanes) is 1. The van der Waals surface area contributed by atoms with E-state index in [0.29, 0.717) is 19.3 Å². The Morgan fingerprint density at radius 2 is 1.73 bits per heavy atom. The summed E-state index contributed by atoms with van der Waals surface area (Å²) in [5.74, 6) is -0.682. The van der Waals surface area contributed by atoms with Crippen LogP contribution >= 0.6 is 0 Å². The van der Waals surface area contributed by atoms with Gasteiger partial charge in [-0.05, 0) is 43.5 Å². The monoisotopic (exact) mass is 297 g/mol. The molecule has 0 saturated carbocycles. The zero-order chi connectivity index (χ0) is 15.8. The van der Waals surface area contributed by atoms with E-state index in [1.165, 1.54) is 0 Å². The highest BCUT2D eigenvalue weighted by atomic mass is 16.3. The molecular formula is C17H19N3O2. The highest BCUT2D eigenvalue weighted by molar-refractivity contribution is 5.78. The average Bonchev–Trinajstić information content (AvgIpc) is 2.56. The predicted molar refractivity (Wildman–Crippen MR) is 84.6 cm³/mol. The molecule has 5 heteroatoms. The summed E-state index contributed by atoms with van der Waals surface area (Å²) >= 11 is 0. The molecule has 0 aliphatic carbocycles. The average molecular weight is 297 g/mol. The lowest BCUT2D eigenvalue weighted by Gasteiger charge is -2.08. The van der Waals surface area contributed by atoms with Gasteiger partial charge in [0.15, 0.2) is 0 Å². The summed E-state index contributed by atoms with van der Waals surface area (Å²) in [6.45, 7) is 0. The third kappa shape index (κ3) is 4.49. The maximum absolute atomic E-state index is 10.8. The maximum atomic E-state index is 10.8. The lowest BCUT2D eigenvalue weighted by atomic mass is 10.0. The molecule has 0 fully saturated rings. The van der Waals surface area contributed by atoms with Crippen molar-refractivity contribution in [2.24, 2.45) is 5.73 Å². The van der Waals surface area contributed by atoms with Crippen LogP contribution in [0.25, 0.3) is 5.57 Å². The van der Waals surface area contributed by atoms with E-state index in [0.717, 1.165) is 17.0 Å². The van der Waals surface area contributed by atoms with Crippen LogP contribution < -0.4 is 5.73 Å². The predicted octanol–water partition coefficient (Wildman–Crippen LogP) is 1.92. The number of aromatic nitrogens is 2. The van der Waals surface area contributed by atoms with Crippen LogP contribution in [0.5, 0.6) is 0 Å². The lowest BCUT2D eigenvalue weighted by Crippen LogP contribution is -2.27. The number of nitrogens with zero attached hydrogens (tertiary/aromatic N) is 2. The van der Waals surface area contributed by atoms with Gasteiger partial charge in [0.05, 0.1) is 11.4 Å². The van der Waals surface area contributed by atoms with E-state index in [1.807, 2.05) is 42.5 Å². The third-order valence-corrected chi connectivity index (χ3v) is 3.24. The van der Waals surface area contributed by atoms with Crippen molar-refractivity contribution in [1.82, 2.24) is 9.97 Å². The highest BCUT2D eigenvalue weighted by Crippen LogP contribution is 2.20. The van der Waals surface area contributed by atoms with Gasteiger partial charge in [0.2, 0.25) is 5.91 Å². The van der Waals surface area contributed by atoms with Gasteiger partial charge >= 0.3 is 0 Å². The molecule has 2 aromatic heterocycles. The Labute approximate surface area is 129 Å². The van der Waals surface area contributed by atoms with Crippen LogP contribution in [0.2, 0.25) is 0 Å². The molecule has 5 nitrogen and oxygen atoms in total. The SMILES string of the molecule is NC(=O)C(O)CCCC=C(c1ccccn1)c1ccccn1. The quantitative estimate of drug-likeness (QED) is 0.764. The third-order valence-electron chi connectivity index (χ3n) is 3.24. The molecule has 2 heterocycles. The summed E-state index contributed by atoms with van der Waals surface area (Å²) in [4.78, 5) is 19.5.